The van der Waals surface area contributed by atoms with Crippen LogP contribution in [0.3, 0.4) is 0 Å². The van der Waals surface area contributed by atoms with Gasteiger partial charge in [0.05, 0.1) is 17.2 Å². The first-order valence-electron chi connectivity index (χ1n) is 8.28. The van der Waals surface area contributed by atoms with E-state index in [1.807, 2.05) is 13.1 Å². The smallest absolute Gasteiger partial charge is 0.235 e. The van der Waals surface area contributed by atoms with Gasteiger partial charge in [0.1, 0.15) is 10.7 Å². The summed E-state index contributed by atoms with van der Waals surface area (Å²) >= 11 is 1.42. The molecule has 3 aromatic rings. The van der Waals surface area contributed by atoms with Gasteiger partial charge in [0.15, 0.2) is 9.84 Å². The van der Waals surface area contributed by atoms with E-state index < -0.39 is 9.84 Å². The standard InChI is InChI=1S/C15H20N6O2S2/c1-9(2)6-11-7-12(20(3)18-11)13-16-17-15-21(13)19-14(24-15)10-4-5-25(22,23)8-10/h7,9-10H,4-6,8H2,1-3H3. The summed E-state index contributed by atoms with van der Waals surface area (Å²) in [6.45, 7) is 4.32. The Morgan fingerprint density at radius 1 is 1.32 bits per heavy atom. The zero-order valence-electron chi connectivity index (χ0n) is 14.4. The predicted octanol–water partition coefficient (Wildman–Crippen LogP) is 1.69. The Labute approximate surface area is 149 Å². The summed E-state index contributed by atoms with van der Waals surface area (Å²) in [5.41, 5.74) is 1.88. The second-order valence-electron chi connectivity index (χ2n) is 7.00. The molecule has 4 heterocycles. The van der Waals surface area contributed by atoms with Crippen LogP contribution in [0.5, 0.6) is 0 Å². The van der Waals surface area contributed by atoms with Crippen molar-refractivity contribution in [2.75, 3.05) is 11.5 Å². The molecular formula is C15H20N6O2S2. The third-order valence-corrected chi connectivity index (χ3v) is 7.19. The van der Waals surface area contributed by atoms with E-state index in [4.69, 9.17) is 0 Å². The summed E-state index contributed by atoms with van der Waals surface area (Å²) in [6.07, 6.45) is 1.53. The third-order valence-electron chi connectivity index (χ3n) is 4.37. The van der Waals surface area contributed by atoms with Crippen molar-refractivity contribution in [1.29, 1.82) is 0 Å². The van der Waals surface area contributed by atoms with Crippen molar-refractivity contribution < 1.29 is 8.42 Å². The summed E-state index contributed by atoms with van der Waals surface area (Å²) in [4.78, 5) is 0.681. The number of aryl methyl sites for hydroxylation is 1. The lowest BCUT2D eigenvalue weighted by Crippen LogP contribution is -2.04. The van der Waals surface area contributed by atoms with Crippen LogP contribution in [0.2, 0.25) is 0 Å². The zero-order chi connectivity index (χ0) is 17.8. The summed E-state index contributed by atoms with van der Waals surface area (Å²) in [5.74, 6) is 1.55. The number of sulfone groups is 1. The van der Waals surface area contributed by atoms with Gasteiger partial charge in [-0.1, -0.05) is 25.2 Å². The molecule has 1 atom stereocenters. The molecule has 0 N–H and O–H groups in total. The summed E-state index contributed by atoms with van der Waals surface area (Å²) < 4.78 is 27.0. The lowest BCUT2D eigenvalue weighted by molar-refractivity contribution is 0.601. The quantitative estimate of drug-likeness (QED) is 0.683. The molecule has 10 heteroatoms. The van der Waals surface area contributed by atoms with E-state index in [2.05, 4.69) is 34.2 Å². The maximum absolute atomic E-state index is 11.7. The molecule has 25 heavy (non-hydrogen) atoms. The average molecular weight is 380 g/mol. The first kappa shape index (κ1) is 16.6. The van der Waals surface area contributed by atoms with Gasteiger partial charge in [-0.25, -0.2) is 8.42 Å². The minimum atomic E-state index is -2.93. The number of hydrogen-bond acceptors (Lipinski definition) is 7. The Kier molecular flexibility index (Phi) is 3.91. The van der Waals surface area contributed by atoms with E-state index in [1.165, 1.54) is 11.3 Å². The monoisotopic (exact) mass is 380 g/mol. The van der Waals surface area contributed by atoms with Crippen molar-refractivity contribution in [1.82, 2.24) is 29.6 Å². The van der Waals surface area contributed by atoms with Crippen LogP contribution in [0, 0.1) is 5.92 Å². The molecule has 0 radical (unpaired) electrons. The second-order valence-corrected chi connectivity index (χ2v) is 10.2. The lowest BCUT2D eigenvalue weighted by Gasteiger charge is -2.00. The lowest BCUT2D eigenvalue weighted by atomic mass is 10.1. The molecule has 0 bridgehead atoms. The highest BCUT2D eigenvalue weighted by Crippen LogP contribution is 2.32. The third kappa shape index (κ3) is 3.08. The van der Waals surface area contributed by atoms with E-state index in [-0.39, 0.29) is 17.4 Å². The average Bonchev–Trinajstić information content (AvgIpc) is 3.21. The van der Waals surface area contributed by atoms with Crippen LogP contribution >= 0.6 is 11.3 Å². The molecule has 0 spiro atoms. The molecule has 0 amide bonds. The normalized spacial score (nSPS) is 20.1. The molecule has 1 aliphatic heterocycles. The van der Waals surface area contributed by atoms with Crippen molar-refractivity contribution in [2.45, 2.75) is 32.6 Å². The topological polar surface area (TPSA) is 95.0 Å². The molecule has 0 aromatic carbocycles. The second kappa shape index (κ2) is 5.87. The molecule has 1 fully saturated rings. The Bertz CT molecular complexity index is 1030. The molecule has 1 aliphatic rings. The molecule has 1 unspecified atom stereocenters. The van der Waals surface area contributed by atoms with Crippen molar-refractivity contribution in [3.8, 4) is 11.5 Å². The van der Waals surface area contributed by atoms with Crippen molar-refractivity contribution in [2.24, 2.45) is 13.0 Å². The fourth-order valence-electron chi connectivity index (χ4n) is 3.20. The van der Waals surface area contributed by atoms with Crippen LogP contribution in [-0.2, 0) is 23.3 Å². The van der Waals surface area contributed by atoms with Gasteiger partial charge in [-0.05, 0) is 24.8 Å². The number of fused-ring (bicyclic) bond motifs is 1. The zero-order valence-corrected chi connectivity index (χ0v) is 16.0. The van der Waals surface area contributed by atoms with Gasteiger partial charge in [-0.15, -0.1) is 10.2 Å². The molecule has 1 saturated heterocycles. The molecule has 8 nitrogen and oxygen atoms in total. The van der Waals surface area contributed by atoms with Gasteiger partial charge in [-0.3, -0.25) is 4.68 Å². The maximum atomic E-state index is 11.7. The maximum Gasteiger partial charge on any atom is 0.235 e. The Hall–Kier alpha value is -1.81. The summed E-state index contributed by atoms with van der Waals surface area (Å²) in [7, 11) is -1.05. The van der Waals surface area contributed by atoms with Crippen LogP contribution in [-0.4, -0.2) is 49.5 Å². The van der Waals surface area contributed by atoms with E-state index in [1.54, 1.807) is 9.20 Å². The SMILES string of the molecule is CC(C)Cc1cc(-c2nnc3sc(C4CCS(=O)(=O)C4)nn23)n(C)n1. The predicted molar refractivity (Wildman–Crippen MR) is 95.4 cm³/mol. The van der Waals surface area contributed by atoms with E-state index in [9.17, 15) is 8.42 Å². The molecule has 0 saturated carbocycles. The number of rotatable bonds is 4. The fourth-order valence-corrected chi connectivity index (χ4v) is 6.03. The minimum Gasteiger partial charge on any atom is -0.264 e. The van der Waals surface area contributed by atoms with Crippen LogP contribution in [0.25, 0.3) is 16.5 Å². The molecule has 134 valence electrons. The Balaban J connectivity index is 1.71. The Morgan fingerprint density at radius 3 is 2.80 bits per heavy atom. The number of hydrogen-bond donors (Lipinski definition) is 0. The first-order chi connectivity index (χ1) is 11.8. The van der Waals surface area contributed by atoms with Gasteiger partial charge in [-0.2, -0.15) is 14.7 Å². The van der Waals surface area contributed by atoms with Crippen molar-refractivity contribution in [3.05, 3.63) is 16.8 Å². The van der Waals surface area contributed by atoms with E-state index in [0.29, 0.717) is 23.1 Å². The van der Waals surface area contributed by atoms with Gasteiger partial charge < -0.3 is 0 Å². The summed E-state index contributed by atoms with van der Waals surface area (Å²) in [5, 5.41) is 18.4. The largest absolute Gasteiger partial charge is 0.264 e. The van der Waals surface area contributed by atoms with Gasteiger partial charge >= 0.3 is 0 Å². The van der Waals surface area contributed by atoms with E-state index >= 15 is 0 Å². The van der Waals surface area contributed by atoms with Crippen LogP contribution in [0.15, 0.2) is 6.07 Å². The van der Waals surface area contributed by atoms with Crippen molar-refractivity contribution >= 4 is 26.1 Å². The highest BCUT2D eigenvalue weighted by Gasteiger charge is 2.32. The molecular weight excluding hydrogens is 360 g/mol. The fraction of sp³-hybridized carbons (Fsp3) is 0.600. The van der Waals surface area contributed by atoms with Gasteiger partial charge in [0.25, 0.3) is 0 Å². The first-order valence-corrected chi connectivity index (χ1v) is 10.9. The van der Waals surface area contributed by atoms with Crippen LogP contribution in [0.4, 0.5) is 0 Å². The summed E-state index contributed by atoms with van der Waals surface area (Å²) in [6, 6.07) is 2.02. The molecule has 3 aromatic heterocycles. The highest BCUT2D eigenvalue weighted by molar-refractivity contribution is 7.91. The number of nitrogens with zero attached hydrogens (tertiary/aromatic N) is 6. The van der Waals surface area contributed by atoms with E-state index in [0.717, 1.165) is 22.8 Å². The minimum absolute atomic E-state index is 0.0346. The van der Waals surface area contributed by atoms with Gasteiger partial charge in [0.2, 0.25) is 10.8 Å². The van der Waals surface area contributed by atoms with Crippen LogP contribution < -0.4 is 0 Å². The highest BCUT2D eigenvalue weighted by atomic mass is 32.2. The molecule has 4 rings (SSSR count). The van der Waals surface area contributed by atoms with Gasteiger partial charge in [0, 0.05) is 13.0 Å². The van der Waals surface area contributed by atoms with Crippen LogP contribution in [0.1, 0.15) is 36.9 Å². The molecule has 0 aliphatic carbocycles. The van der Waals surface area contributed by atoms with Crippen molar-refractivity contribution in [3.63, 3.8) is 0 Å². The Morgan fingerprint density at radius 2 is 2.12 bits per heavy atom. The number of aromatic nitrogens is 6.